The molecule has 0 radical (unpaired) electrons. The third-order valence-electron chi connectivity index (χ3n) is 6.45. The highest BCUT2D eigenvalue weighted by Crippen LogP contribution is 2.38. The molecule has 0 atom stereocenters. The minimum atomic E-state index is -0.249. The average Bonchev–Trinajstić information content (AvgIpc) is 3.54. The number of benzene rings is 4. The predicted octanol–water partition coefficient (Wildman–Crippen LogP) is 7.42. The maximum atomic E-state index is 12.9. The Kier molecular flexibility index (Phi) is 5.77. The van der Waals surface area contributed by atoms with Gasteiger partial charge in [0.1, 0.15) is 11.3 Å². The molecule has 0 unspecified atom stereocenters. The number of allylic oxidation sites excluding steroid dienone is 1. The number of rotatable bonds is 6. The van der Waals surface area contributed by atoms with Crippen molar-refractivity contribution in [2.75, 3.05) is 18.7 Å². The van der Waals surface area contributed by atoms with Crippen molar-refractivity contribution >= 4 is 38.9 Å². The van der Waals surface area contributed by atoms with Crippen molar-refractivity contribution in [1.82, 2.24) is 0 Å². The summed E-state index contributed by atoms with van der Waals surface area (Å²) in [5, 5.41) is 6.21. The van der Waals surface area contributed by atoms with E-state index in [-0.39, 0.29) is 12.7 Å². The van der Waals surface area contributed by atoms with Crippen LogP contribution in [0.1, 0.15) is 19.4 Å². The van der Waals surface area contributed by atoms with Crippen molar-refractivity contribution in [2.45, 2.75) is 13.8 Å². The molecule has 6 heteroatoms. The molecular formula is C31H25NO5. The van der Waals surface area contributed by atoms with E-state index >= 15 is 0 Å². The third-order valence-corrected chi connectivity index (χ3v) is 6.45. The molecule has 0 spiro atoms. The summed E-state index contributed by atoms with van der Waals surface area (Å²) in [6, 6.07) is 23.9. The highest BCUT2D eigenvalue weighted by Gasteiger charge is 2.17. The number of carbonyl (C=O) groups excluding carboxylic acids is 1. The zero-order valence-corrected chi connectivity index (χ0v) is 20.5. The molecule has 2 heterocycles. The second-order valence-electron chi connectivity index (χ2n) is 8.87. The molecule has 0 saturated carbocycles. The number of anilines is 1. The molecule has 1 amide bonds. The van der Waals surface area contributed by atoms with Crippen LogP contribution in [0.4, 0.5) is 5.69 Å². The lowest BCUT2D eigenvalue weighted by Gasteiger charge is -2.12. The van der Waals surface area contributed by atoms with E-state index in [1.54, 1.807) is 30.5 Å². The van der Waals surface area contributed by atoms with Gasteiger partial charge in [0.05, 0.1) is 12.9 Å². The molecule has 6 rings (SSSR count). The topological polar surface area (TPSA) is 69.9 Å². The molecule has 0 fully saturated rings. The second kappa shape index (κ2) is 9.39. The van der Waals surface area contributed by atoms with Crippen molar-refractivity contribution in [2.24, 2.45) is 0 Å². The second-order valence-corrected chi connectivity index (χ2v) is 8.87. The Morgan fingerprint density at radius 3 is 2.68 bits per heavy atom. The van der Waals surface area contributed by atoms with E-state index in [0.717, 1.165) is 38.6 Å². The fraction of sp³-hybridized carbons (Fsp3) is 0.129. The number of hydrogen-bond donors (Lipinski definition) is 1. The summed E-state index contributed by atoms with van der Waals surface area (Å²) in [7, 11) is 0. The van der Waals surface area contributed by atoms with E-state index in [1.807, 2.05) is 38.1 Å². The lowest BCUT2D eigenvalue weighted by molar-refractivity contribution is -0.111. The lowest BCUT2D eigenvalue weighted by Crippen LogP contribution is -2.08. The van der Waals surface area contributed by atoms with Crippen LogP contribution in [-0.2, 0) is 4.79 Å². The summed E-state index contributed by atoms with van der Waals surface area (Å²) in [6.45, 7) is 4.51. The maximum absolute atomic E-state index is 12.9. The zero-order chi connectivity index (χ0) is 25.4. The van der Waals surface area contributed by atoms with Gasteiger partial charge in [-0.2, -0.15) is 0 Å². The monoisotopic (exact) mass is 491 g/mol. The summed E-state index contributed by atoms with van der Waals surface area (Å²) in [4.78, 5) is 12.9. The summed E-state index contributed by atoms with van der Waals surface area (Å²) in [6.07, 6.45) is 3.35. The molecule has 0 saturated heterocycles. The number of furan rings is 1. The predicted molar refractivity (Wildman–Crippen MR) is 145 cm³/mol. The largest absolute Gasteiger partial charge is 0.493 e. The number of carbonyl (C=O) groups is 1. The van der Waals surface area contributed by atoms with E-state index < -0.39 is 0 Å². The van der Waals surface area contributed by atoms with Crippen LogP contribution < -0.4 is 19.5 Å². The van der Waals surface area contributed by atoms with Gasteiger partial charge in [-0.3, -0.25) is 4.79 Å². The molecule has 4 aromatic carbocycles. The molecule has 1 aromatic heterocycles. The Balaban J connectivity index is 1.35. The maximum Gasteiger partial charge on any atom is 0.248 e. The first-order valence-corrected chi connectivity index (χ1v) is 12.2. The van der Waals surface area contributed by atoms with E-state index in [2.05, 4.69) is 35.6 Å². The smallest absolute Gasteiger partial charge is 0.248 e. The van der Waals surface area contributed by atoms with Crippen LogP contribution in [0.3, 0.4) is 0 Å². The van der Waals surface area contributed by atoms with E-state index in [9.17, 15) is 4.79 Å². The minimum Gasteiger partial charge on any atom is -0.493 e. The molecule has 37 heavy (non-hydrogen) atoms. The first-order valence-electron chi connectivity index (χ1n) is 12.2. The first kappa shape index (κ1) is 22.7. The number of ether oxygens (including phenoxy) is 3. The van der Waals surface area contributed by atoms with E-state index in [4.69, 9.17) is 18.6 Å². The quantitative estimate of drug-likeness (QED) is 0.250. The van der Waals surface area contributed by atoms with Crippen molar-refractivity contribution in [3.8, 4) is 28.4 Å². The summed E-state index contributed by atoms with van der Waals surface area (Å²) in [5.74, 6) is 1.70. The van der Waals surface area contributed by atoms with Gasteiger partial charge in [-0.05, 0) is 60.0 Å². The fourth-order valence-corrected chi connectivity index (χ4v) is 4.65. The molecule has 1 N–H and O–H groups in total. The summed E-state index contributed by atoms with van der Waals surface area (Å²) in [5.41, 5.74) is 5.02. The number of fused-ring (bicyclic) bond motifs is 3. The first-order chi connectivity index (χ1) is 18.1. The SMILES string of the molecule is CCOc1cc2occ(-c3ccc4ccccc4c3)c2cc1/C(C)=C/C(=O)Nc1ccc2c(c1)OCO2. The van der Waals surface area contributed by atoms with Gasteiger partial charge in [0.25, 0.3) is 0 Å². The molecule has 0 bridgehead atoms. The Morgan fingerprint density at radius 1 is 0.973 bits per heavy atom. The van der Waals surface area contributed by atoms with Crippen LogP contribution >= 0.6 is 0 Å². The van der Waals surface area contributed by atoms with Gasteiger partial charge >= 0.3 is 0 Å². The van der Waals surface area contributed by atoms with Gasteiger partial charge in [-0.25, -0.2) is 0 Å². The third kappa shape index (κ3) is 4.38. The van der Waals surface area contributed by atoms with Crippen molar-refractivity contribution in [3.63, 3.8) is 0 Å². The molecule has 5 aromatic rings. The van der Waals surface area contributed by atoms with Gasteiger partial charge in [0, 0.05) is 40.4 Å². The number of hydrogen-bond acceptors (Lipinski definition) is 5. The number of nitrogens with one attached hydrogen (secondary N) is 1. The molecule has 6 nitrogen and oxygen atoms in total. The van der Waals surface area contributed by atoms with Crippen LogP contribution in [0.25, 0.3) is 38.4 Å². The van der Waals surface area contributed by atoms with Crippen LogP contribution in [0.5, 0.6) is 17.2 Å². The van der Waals surface area contributed by atoms with Gasteiger partial charge in [-0.15, -0.1) is 0 Å². The fourth-order valence-electron chi connectivity index (χ4n) is 4.65. The zero-order valence-electron chi connectivity index (χ0n) is 20.5. The molecule has 0 aliphatic carbocycles. The van der Waals surface area contributed by atoms with Crippen molar-refractivity contribution < 1.29 is 23.4 Å². The number of amides is 1. The Hall–Kier alpha value is -4.71. The molecule has 184 valence electrons. The van der Waals surface area contributed by atoms with Crippen LogP contribution in [0.15, 0.2) is 89.6 Å². The summed E-state index contributed by atoms with van der Waals surface area (Å²) < 4.78 is 22.6. The summed E-state index contributed by atoms with van der Waals surface area (Å²) >= 11 is 0. The Bertz CT molecular complexity index is 1680. The standard InChI is InChI=1S/C31H25NO5/c1-3-34-28-16-29-25(26(17-35-29)22-9-8-20-6-4-5-7-21(20)13-22)15-24(28)19(2)12-31(33)32-23-10-11-27-30(14-23)37-18-36-27/h4-17H,3,18H2,1-2H3,(H,32,33)/b19-12+. The van der Waals surface area contributed by atoms with Gasteiger partial charge in [-0.1, -0.05) is 36.4 Å². The molecule has 1 aliphatic rings. The average molecular weight is 492 g/mol. The highest BCUT2D eigenvalue weighted by atomic mass is 16.7. The van der Waals surface area contributed by atoms with Gasteiger partial charge in [0.2, 0.25) is 12.7 Å². The normalized spacial score (nSPS) is 12.8. The van der Waals surface area contributed by atoms with Crippen molar-refractivity contribution in [1.29, 1.82) is 0 Å². The van der Waals surface area contributed by atoms with Crippen LogP contribution in [-0.4, -0.2) is 19.3 Å². The highest BCUT2D eigenvalue weighted by molar-refractivity contribution is 6.05. The molecular weight excluding hydrogens is 466 g/mol. The lowest BCUT2D eigenvalue weighted by atomic mass is 9.97. The Labute approximate surface area is 214 Å². The van der Waals surface area contributed by atoms with Crippen LogP contribution in [0, 0.1) is 0 Å². The Morgan fingerprint density at radius 2 is 1.81 bits per heavy atom. The molecule has 1 aliphatic heterocycles. The van der Waals surface area contributed by atoms with Crippen LogP contribution in [0.2, 0.25) is 0 Å². The van der Waals surface area contributed by atoms with E-state index in [1.165, 1.54) is 5.39 Å². The van der Waals surface area contributed by atoms with Gasteiger partial charge < -0.3 is 23.9 Å². The van der Waals surface area contributed by atoms with Gasteiger partial charge in [0.15, 0.2) is 11.5 Å². The van der Waals surface area contributed by atoms with E-state index in [0.29, 0.717) is 29.5 Å². The minimum absolute atomic E-state index is 0.184. The van der Waals surface area contributed by atoms with Crippen molar-refractivity contribution in [3.05, 3.63) is 90.7 Å².